The Bertz CT molecular complexity index is 777. The average molecular weight is 332 g/mol. The quantitative estimate of drug-likeness (QED) is 0.574. The molecule has 2 atom stereocenters. The fourth-order valence-corrected chi connectivity index (χ4v) is 3.33. The van der Waals surface area contributed by atoms with Crippen LogP contribution in [-0.4, -0.2) is 19.6 Å². The molecular formula is C23H28N2. The molecule has 0 saturated carbocycles. The molecule has 3 aromatic rings. The van der Waals surface area contributed by atoms with Crippen molar-refractivity contribution in [2.24, 2.45) is 0 Å². The zero-order valence-electron chi connectivity index (χ0n) is 15.2. The lowest BCUT2D eigenvalue weighted by Crippen LogP contribution is -2.31. The summed E-state index contributed by atoms with van der Waals surface area (Å²) in [6, 6.07) is 26.2. The van der Waals surface area contributed by atoms with Crippen LogP contribution in [0, 0.1) is 0 Å². The van der Waals surface area contributed by atoms with Crippen LogP contribution in [0.4, 0.5) is 0 Å². The Morgan fingerprint density at radius 1 is 0.760 bits per heavy atom. The second kappa shape index (κ2) is 8.80. The number of hydrogen-bond acceptors (Lipinski definition) is 2. The van der Waals surface area contributed by atoms with Gasteiger partial charge in [-0.1, -0.05) is 79.7 Å². The fourth-order valence-electron chi connectivity index (χ4n) is 3.33. The van der Waals surface area contributed by atoms with Crippen LogP contribution in [0.5, 0.6) is 0 Å². The third-order valence-corrected chi connectivity index (χ3v) is 4.86. The van der Waals surface area contributed by atoms with Crippen molar-refractivity contribution in [2.45, 2.75) is 25.8 Å². The summed E-state index contributed by atoms with van der Waals surface area (Å²) >= 11 is 0. The van der Waals surface area contributed by atoms with E-state index in [4.69, 9.17) is 0 Å². The minimum atomic E-state index is 0.347. The van der Waals surface area contributed by atoms with Crippen LogP contribution in [-0.2, 0) is 0 Å². The maximum Gasteiger partial charge on any atom is 0.0298 e. The summed E-state index contributed by atoms with van der Waals surface area (Å²) in [6.45, 7) is 7.47. The summed E-state index contributed by atoms with van der Waals surface area (Å²) in [5, 5.41) is 9.86. The van der Waals surface area contributed by atoms with Gasteiger partial charge in [0.2, 0.25) is 0 Å². The normalized spacial score (nSPS) is 13.7. The van der Waals surface area contributed by atoms with Crippen molar-refractivity contribution in [3.8, 4) is 0 Å². The van der Waals surface area contributed by atoms with E-state index in [0.29, 0.717) is 12.0 Å². The van der Waals surface area contributed by atoms with Gasteiger partial charge in [0.15, 0.2) is 0 Å². The highest BCUT2D eigenvalue weighted by Crippen LogP contribution is 2.23. The van der Waals surface area contributed by atoms with Gasteiger partial charge in [-0.05, 0) is 34.7 Å². The molecule has 0 aliphatic heterocycles. The Kier molecular flexibility index (Phi) is 6.21. The Labute approximate surface area is 151 Å². The first-order valence-corrected chi connectivity index (χ1v) is 9.22. The molecule has 3 rings (SSSR count). The third kappa shape index (κ3) is 4.68. The standard InChI is InChI=1S/C23H28N2/c1-18(20-9-4-3-5-10-20)17-24-15-16-25-19(2)22-14-8-12-21-11-6-7-13-23(21)22/h3-14,18-19,24-25H,15-17H2,1-2H3. The van der Waals surface area contributed by atoms with Gasteiger partial charge in [0, 0.05) is 25.7 Å². The molecule has 3 aromatic carbocycles. The first kappa shape index (κ1) is 17.7. The summed E-state index contributed by atoms with van der Waals surface area (Å²) in [7, 11) is 0. The maximum atomic E-state index is 3.64. The summed E-state index contributed by atoms with van der Waals surface area (Å²) < 4.78 is 0. The molecule has 2 unspecified atom stereocenters. The van der Waals surface area contributed by atoms with Gasteiger partial charge >= 0.3 is 0 Å². The first-order chi connectivity index (χ1) is 12.3. The molecule has 2 heteroatoms. The Morgan fingerprint density at radius 3 is 2.32 bits per heavy atom. The molecule has 0 aromatic heterocycles. The molecular weight excluding hydrogens is 304 g/mol. The fraction of sp³-hybridized carbons (Fsp3) is 0.304. The number of fused-ring (bicyclic) bond motifs is 1. The van der Waals surface area contributed by atoms with Gasteiger partial charge in [0.1, 0.15) is 0 Å². The molecule has 0 spiro atoms. The van der Waals surface area contributed by atoms with E-state index >= 15 is 0 Å². The Hall–Kier alpha value is -2.16. The molecule has 25 heavy (non-hydrogen) atoms. The zero-order valence-corrected chi connectivity index (χ0v) is 15.2. The van der Waals surface area contributed by atoms with Gasteiger partial charge in [-0.2, -0.15) is 0 Å². The van der Waals surface area contributed by atoms with E-state index in [9.17, 15) is 0 Å². The van der Waals surface area contributed by atoms with Crippen molar-refractivity contribution in [3.63, 3.8) is 0 Å². The van der Waals surface area contributed by atoms with Crippen molar-refractivity contribution < 1.29 is 0 Å². The predicted octanol–water partition coefficient (Wildman–Crippen LogP) is 4.88. The van der Waals surface area contributed by atoms with Gasteiger partial charge in [-0.25, -0.2) is 0 Å². The second-order valence-corrected chi connectivity index (χ2v) is 6.76. The molecule has 0 bridgehead atoms. The number of hydrogen-bond donors (Lipinski definition) is 2. The zero-order chi connectivity index (χ0) is 17.5. The predicted molar refractivity (Wildman–Crippen MR) is 108 cm³/mol. The van der Waals surface area contributed by atoms with Crippen molar-refractivity contribution in [1.29, 1.82) is 0 Å². The Balaban J connectivity index is 1.46. The lowest BCUT2D eigenvalue weighted by molar-refractivity contribution is 0.535. The van der Waals surface area contributed by atoms with Crippen LogP contribution < -0.4 is 10.6 Å². The lowest BCUT2D eigenvalue weighted by Gasteiger charge is -2.18. The van der Waals surface area contributed by atoms with Gasteiger partial charge in [-0.15, -0.1) is 0 Å². The van der Waals surface area contributed by atoms with E-state index in [1.54, 1.807) is 0 Å². The van der Waals surface area contributed by atoms with Gasteiger partial charge in [0.05, 0.1) is 0 Å². The van der Waals surface area contributed by atoms with Crippen LogP contribution in [0.15, 0.2) is 72.8 Å². The van der Waals surface area contributed by atoms with E-state index < -0.39 is 0 Å². The molecule has 2 nitrogen and oxygen atoms in total. The summed E-state index contributed by atoms with van der Waals surface area (Å²) in [4.78, 5) is 0. The van der Waals surface area contributed by atoms with Crippen molar-refractivity contribution >= 4 is 10.8 Å². The van der Waals surface area contributed by atoms with Crippen LogP contribution >= 0.6 is 0 Å². The van der Waals surface area contributed by atoms with Crippen LogP contribution in [0.2, 0.25) is 0 Å². The molecule has 0 heterocycles. The smallest absolute Gasteiger partial charge is 0.0298 e. The monoisotopic (exact) mass is 332 g/mol. The number of rotatable bonds is 8. The summed E-state index contributed by atoms with van der Waals surface area (Å²) in [5.74, 6) is 0.539. The van der Waals surface area contributed by atoms with Gasteiger partial charge in [-0.3, -0.25) is 0 Å². The topological polar surface area (TPSA) is 24.1 Å². The van der Waals surface area contributed by atoms with Crippen molar-refractivity contribution in [2.75, 3.05) is 19.6 Å². The molecule has 0 aliphatic rings. The lowest BCUT2D eigenvalue weighted by atomic mass is 10.00. The summed E-state index contributed by atoms with van der Waals surface area (Å²) in [6.07, 6.45) is 0. The van der Waals surface area contributed by atoms with Crippen LogP contribution in [0.3, 0.4) is 0 Å². The van der Waals surface area contributed by atoms with E-state index in [1.165, 1.54) is 21.9 Å². The Morgan fingerprint density at radius 2 is 1.48 bits per heavy atom. The molecule has 0 amide bonds. The summed E-state index contributed by atoms with van der Waals surface area (Å²) in [5.41, 5.74) is 2.77. The van der Waals surface area contributed by atoms with Crippen molar-refractivity contribution in [3.05, 3.63) is 83.9 Å². The van der Waals surface area contributed by atoms with E-state index in [1.807, 2.05) is 0 Å². The minimum Gasteiger partial charge on any atom is -0.315 e. The molecule has 0 saturated heterocycles. The average Bonchev–Trinajstić information content (AvgIpc) is 2.67. The maximum absolute atomic E-state index is 3.64. The molecule has 0 fully saturated rings. The van der Waals surface area contributed by atoms with Gasteiger partial charge in [0.25, 0.3) is 0 Å². The highest BCUT2D eigenvalue weighted by Gasteiger charge is 2.08. The third-order valence-electron chi connectivity index (χ3n) is 4.86. The largest absolute Gasteiger partial charge is 0.315 e. The molecule has 0 aliphatic carbocycles. The minimum absolute atomic E-state index is 0.347. The van der Waals surface area contributed by atoms with Crippen LogP contribution in [0.1, 0.15) is 36.9 Å². The first-order valence-electron chi connectivity index (χ1n) is 9.22. The van der Waals surface area contributed by atoms with E-state index in [2.05, 4.69) is 97.3 Å². The van der Waals surface area contributed by atoms with Gasteiger partial charge < -0.3 is 10.6 Å². The number of benzene rings is 3. The molecule has 130 valence electrons. The van der Waals surface area contributed by atoms with Crippen LogP contribution in [0.25, 0.3) is 10.8 Å². The van der Waals surface area contributed by atoms with E-state index in [-0.39, 0.29) is 0 Å². The highest BCUT2D eigenvalue weighted by molar-refractivity contribution is 5.86. The highest BCUT2D eigenvalue weighted by atomic mass is 15.0. The molecule has 2 N–H and O–H groups in total. The number of nitrogens with one attached hydrogen (secondary N) is 2. The second-order valence-electron chi connectivity index (χ2n) is 6.76. The molecule has 0 radical (unpaired) electrons. The van der Waals surface area contributed by atoms with E-state index in [0.717, 1.165) is 19.6 Å². The SMILES string of the molecule is CC(CNCCNC(C)c1cccc2ccccc12)c1ccccc1. The van der Waals surface area contributed by atoms with Crippen molar-refractivity contribution in [1.82, 2.24) is 10.6 Å².